The fourth-order valence-corrected chi connectivity index (χ4v) is 5.39. The van der Waals surface area contributed by atoms with E-state index in [1.54, 1.807) is 12.4 Å². The highest BCUT2D eigenvalue weighted by Crippen LogP contribution is 2.54. The van der Waals surface area contributed by atoms with Crippen LogP contribution < -0.4 is 0 Å². The summed E-state index contributed by atoms with van der Waals surface area (Å²) in [5.74, 6) is -0.337. The molecule has 2 aromatic heterocycles. The number of nitriles is 1. The van der Waals surface area contributed by atoms with Gasteiger partial charge in [-0.25, -0.2) is 0 Å². The van der Waals surface area contributed by atoms with E-state index >= 15 is 0 Å². The molecule has 0 saturated heterocycles. The predicted octanol–water partition coefficient (Wildman–Crippen LogP) is 3.48. The van der Waals surface area contributed by atoms with Crippen LogP contribution in [0.5, 0.6) is 0 Å². The number of pyridine rings is 1. The summed E-state index contributed by atoms with van der Waals surface area (Å²) in [6.07, 6.45) is 6.84. The molecular weight excluding hydrogens is 388 g/mol. The van der Waals surface area contributed by atoms with Gasteiger partial charge in [-0.3, -0.25) is 14.9 Å². The number of fused-ring (bicyclic) bond motifs is 3. The number of ketones is 1. The summed E-state index contributed by atoms with van der Waals surface area (Å²) >= 11 is 0. The minimum absolute atomic E-state index is 0.0186. The van der Waals surface area contributed by atoms with Crippen LogP contribution in [0.1, 0.15) is 35.7 Å². The molecule has 0 spiro atoms. The third-order valence-corrected chi connectivity index (χ3v) is 6.84. The summed E-state index contributed by atoms with van der Waals surface area (Å²) in [5.41, 5.74) is 5.01. The molecule has 2 unspecified atom stereocenters. The van der Waals surface area contributed by atoms with E-state index in [9.17, 15) is 15.2 Å². The zero-order valence-corrected chi connectivity index (χ0v) is 17.2. The van der Waals surface area contributed by atoms with Gasteiger partial charge in [-0.05, 0) is 42.0 Å². The van der Waals surface area contributed by atoms with Crippen molar-refractivity contribution in [1.82, 2.24) is 15.2 Å². The molecule has 0 radical (unpaired) electrons. The van der Waals surface area contributed by atoms with E-state index < -0.39 is 5.41 Å². The van der Waals surface area contributed by atoms with E-state index in [-0.39, 0.29) is 29.8 Å². The number of carbonyl (C=O) groups is 1. The monoisotopic (exact) mass is 410 g/mol. The zero-order chi connectivity index (χ0) is 21.6. The number of aliphatic hydroxyl groups is 1. The third kappa shape index (κ3) is 2.77. The van der Waals surface area contributed by atoms with Crippen molar-refractivity contribution in [2.45, 2.75) is 31.8 Å². The summed E-state index contributed by atoms with van der Waals surface area (Å²) in [6.45, 7) is 1.85. The second-order valence-corrected chi connectivity index (χ2v) is 8.37. The van der Waals surface area contributed by atoms with E-state index in [1.807, 2.05) is 37.3 Å². The largest absolute Gasteiger partial charge is 0.392 e. The van der Waals surface area contributed by atoms with Gasteiger partial charge in [0, 0.05) is 29.4 Å². The lowest BCUT2D eigenvalue weighted by Crippen LogP contribution is -2.48. The first-order valence-corrected chi connectivity index (χ1v) is 10.5. The second-order valence-electron chi connectivity index (χ2n) is 8.37. The van der Waals surface area contributed by atoms with Gasteiger partial charge in [0.05, 0.1) is 29.0 Å². The minimum Gasteiger partial charge on any atom is -0.392 e. The Balaban J connectivity index is 1.78. The summed E-state index contributed by atoms with van der Waals surface area (Å²) in [6, 6.07) is 14.1. The van der Waals surface area contributed by atoms with Crippen molar-refractivity contribution in [3.8, 4) is 17.3 Å². The van der Waals surface area contributed by atoms with Crippen molar-refractivity contribution in [3.63, 3.8) is 0 Å². The number of benzene rings is 1. The van der Waals surface area contributed by atoms with Crippen LogP contribution >= 0.6 is 0 Å². The van der Waals surface area contributed by atoms with E-state index in [4.69, 9.17) is 5.10 Å². The number of hydrogen-bond donors (Lipinski definition) is 2. The molecule has 2 aliphatic rings. The molecule has 1 aromatic carbocycles. The number of rotatable bonds is 3. The minimum atomic E-state index is -0.649. The molecule has 2 aliphatic carbocycles. The highest BCUT2D eigenvalue weighted by atomic mass is 16.3. The first kappa shape index (κ1) is 19.4. The number of H-pyrrole nitrogens is 1. The number of nitrogens with one attached hydrogen (secondary N) is 1. The highest BCUT2D eigenvalue weighted by molar-refractivity contribution is 6.02. The highest BCUT2D eigenvalue weighted by Gasteiger charge is 2.53. The topological polar surface area (TPSA) is 103 Å². The molecule has 2 N–H and O–H groups in total. The van der Waals surface area contributed by atoms with E-state index in [2.05, 4.69) is 28.3 Å². The summed E-state index contributed by atoms with van der Waals surface area (Å²) in [4.78, 5) is 17.1. The van der Waals surface area contributed by atoms with Crippen molar-refractivity contribution < 1.29 is 9.90 Å². The van der Waals surface area contributed by atoms with Crippen LogP contribution in [0.3, 0.4) is 0 Å². The van der Waals surface area contributed by atoms with Gasteiger partial charge in [0.2, 0.25) is 0 Å². The van der Waals surface area contributed by atoms with Gasteiger partial charge >= 0.3 is 0 Å². The predicted molar refractivity (Wildman–Crippen MR) is 115 cm³/mol. The lowest BCUT2D eigenvalue weighted by Gasteiger charge is -2.47. The molecule has 6 heteroatoms. The molecule has 0 bridgehead atoms. The maximum absolute atomic E-state index is 12.8. The van der Waals surface area contributed by atoms with Crippen LogP contribution in [0.15, 0.2) is 60.4 Å². The zero-order valence-electron chi connectivity index (χ0n) is 17.2. The van der Waals surface area contributed by atoms with Gasteiger partial charge in [0.1, 0.15) is 6.07 Å². The Hall–Kier alpha value is -3.56. The van der Waals surface area contributed by atoms with Gasteiger partial charge in [0.25, 0.3) is 0 Å². The Kier molecular flexibility index (Phi) is 4.57. The van der Waals surface area contributed by atoms with Crippen LogP contribution in [0, 0.1) is 23.2 Å². The average Bonchev–Trinajstić information content (AvgIpc) is 3.27. The number of Topliss-reactive ketones (excluding diaryl/α,β-unsaturated/α-hetero) is 1. The second kappa shape index (κ2) is 7.29. The normalized spacial score (nSPS) is 24.7. The van der Waals surface area contributed by atoms with E-state index in [0.717, 1.165) is 46.5 Å². The first-order valence-electron chi connectivity index (χ1n) is 10.5. The molecule has 154 valence electrons. The Morgan fingerprint density at radius 3 is 2.84 bits per heavy atom. The fraction of sp³-hybridized carbons (Fsp3) is 0.280. The average molecular weight is 410 g/mol. The molecular formula is C25H22N4O2. The molecule has 0 saturated carbocycles. The van der Waals surface area contributed by atoms with Gasteiger partial charge in [-0.1, -0.05) is 37.3 Å². The molecule has 5 rings (SSSR count). The number of aliphatic hydroxyl groups excluding tert-OH is 1. The van der Waals surface area contributed by atoms with Crippen LogP contribution in [-0.2, 0) is 23.2 Å². The summed E-state index contributed by atoms with van der Waals surface area (Å²) < 4.78 is 0. The molecule has 2 heterocycles. The van der Waals surface area contributed by atoms with Crippen LogP contribution in [0.25, 0.3) is 11.3 Å². The van der Waals surface area contributed by atoms with Crippen molar-refractivity contribution in [2.75, 3.05) is 0 Å². The first-order chi connectivity index (χ1) is 15.1. The maximum atomic E-state index is 12.8. The van der Waals surface area contributed by atoms with Crippen molar-refractivity contribution in [1.29, 1.82) is 5.26 Å². The Labute approximate surface area is 180 Å². The number of aromatic nitrogens is 3. The van der Waals surface area contributed by atoms with Crippen LogP contribution in [0.2, 0.25) is 0 Å². The quantitative estimate of drug-likeness (QED) is 0.688. The lowest BCUT2D eigenvalue weighted by molar-refractivity contribution is -0.121. The molecule has 0 aliphatic heterocycles. The molecule has 0 fully saturated rings. The van der Waals surface area contributed by atoms with Gasteiger partial charge in [0.15, 0.2) is 5.78 Å². The van der Waals surface area contributed by atoms with E-state index in [0.29, 0.717) is 0 Å². The standard InChI is InChI=1S/C25H22N4O2/c1-15-21-8-7-20-22(17-9-16(14-30)12-27-13-17)28-29-24(20)25(21,10-18(11-26)23(15)31)19-5-3-2-4-6-19/h2-6,9-10,12-13,15,21,30H,7-8,14H2,1H3,(H,28,29)/t15?,21-,25?/m0/s1. The molecule has 31 heavy (non-hydrogen) atoms. The Morgan fingerprint density at radius 2 is 2.10 bits per heavy atom. The third-order valence-electron chi connectivity index (χ3n) is 6.84. The Bertz CT molecular complexity index is 1240. The molecule has 0 amide bonds. The smallest absolute Gasteiger partial charge is 0.176 e. The van der Waals surface area contributed by atoms with Crippen molar-refractivity contribution in [2.24, 2.45) is 11.8 Å². The molecule has 6 nitrogen and oxygen atoms in total. The Morgan fingerprint density at radius 1 is 1.29 bits per heavy atom. The van der Waals surface area contributed by atoms with Crippen molar-refractivity contribution >= 4 is 5.78 Å². The molecule has 3 atom stereocenters. The number of hydrogen-bond acceptors (Lipinski definition) is 5. The molecule has 3 aromatic rings. The van der Waals surface area contributed by atoms with Crippen LogP contribution in [0.4, 0.5) is 0 Å². The maximum Gasteiger partial charge on any atom is 0.176 e. The lowest BCUT2D eigenvalue weighted by atomic mass is 9.54. The van der Waals surface area contributed by atoms with E-state index in [1.165, 1.54) is 0 Å². The number of aromatic amines is 1. The summed E-state index contributed by atoms with van der Waals surface area (Å²) in [5, 5.41) is 27.2. The van der Waals surface area contributed by atoms with Gasteiger partial charge < -0.3 is 5.11 Å². The number of carbonyl (C=O) groups excluding carboxylic acids is 1. The van der Waals surface area contributed by atoms with Crippen LogP contribution in [-0.4, -0.2) is 26.1 Å². The number of nitrogens with zero attached hydrogens (tertiary/aromatic N) is 3. The van der Waals surface area contributed by atoms with Crippen molar-refractivity contribution in [3.05, 3.63) is 82.8 Å². The summed E-state index contributed by atoms with van der Waals surface area (Å²) in [7, 11) is 0. The SMILES string of the molecule is CC1C(=O)C(C#N)=CC2(c3ccccc3)c3n[nH]c(-c4cncc(CO)c4)c3CC[C@@H]12. The number of allylic oxidation sites excluding steroid dienone is 2. The van der Waals surface area contributed by atoms with Gasteiger partial charge in [-0.2, -0.15) is 10.4 Å². The fourth-order valence-electron chi connectivity index (χ4n) is 5.39. The van der Waals surface area contributed by atoms with Gasteiger partial charge in [-0.15, -0.1) is 0 Å².